The van der Waals surface area contributed by atoms with Crippen LogP contribution in [0.1, 0.15) is 30.5 Å². The van der Waals surface area contributed by atoms with E-state index in [0.717, 1.165) is 44.2 Å². The number of anilines is 3. The van der Waals surface area contributed by atoms with Crippen molar-refractivity contribution in [1.82, 2.24) is 9.97 Å². The van der Waals surface area contributed by atoms with Gasteiger partial charge in [-0.25, -0.2) is 4.98 Å². The van der Waals surface area contributed by atoms with E-state index in [1.807, 2.05) is 36.5 Å². The van der Waals surface area contributed by atoms with E-state index in [1.54, 1.807) is 0 Å². The fourth-order valence-corrected chi connectivity index (χ4v) is 5.17. The average Bonchev–Trinajstić information content (AvgIpc) is 2.84. The summed E-state index contributed by atoms with van der Waals surface area (Å²) >= 11 is 5.54. The number of pyridine rings is 2. The molecule has 0 atom stereocenters. The quantitative estimate of drug-likeness (QED) is 0.147. The molecule has 0 amide bonds. The van der Waals surface area contributed by atoms with Crippen LogP contribution in [-0.2, 0) is 39.1 Å². The van der Waals surface area contributed by atoms with Crippen molar-refractivity contribution in [3.8, 4) is 11.3 Å². The van der Waals surface area contributed by atoms with Crippen LogP contribution in [0.3, 0.4) is 0 Å². The minimum absolute atomic E-state index is 0. The number of aromatic nitrogens is 2. The van der Waals surface area contributed by atoms with Crippen molar-refractivity contribution in [2.24, 2.45) is 0 Å². The molecule has 174 valence electrons. The second kappa shape index (κ2) is 8.86. The van der Waals surface area contributed by atoms with Crippen LogP contribution < -0.4 is 4.90 Å². The number of nitrogens with zero attached hydrogens (tertiary/aromatic N) is 3. The normalized spacial score (nSPS) is 13.6. The SMILES string of the molecule is Cc1ccnc(N2c3[c-]c(-c4ccc5cccc([S-])c5n4)ccc3C(C)(C)c3ccccc32)c1.[Pt+2]. The Morgan fingerprint density at radius 1 is 0.886 bits per heavy atom. The largest absolute Gasteiger partial charge is 2.00 e. The van der Waals surface area contributed by atoms with Crippen LogP contribution in [0, 0.1) is 13.0 Å². The molecule has 2 aromatic heterocycles. The van der Waals surface area contributed by atoms with Gasteiger partial charge in [0.15, 0.2) is 0 Å². The van der Waals surface area contributed by atoms with Gasteiger partial charge in [-0.2, -0.15) is 0 Å². The Balaban J connectivity index is 0.00000253. The molecule has 35 heavy (non-hydrogen) atoms. The van der Waals surface area contributed by atoms with Crippen molar-refractivity contribution in [1.29, 1.82) is 0 Å². The van der Waals surface area contributed by atoms with Crippen LogP contribution in [-0.4, -0.2) is 9.97 Å². The van der Waals surface area contributed by atoms with Crippen molar-refractivity contribution < 1.29 is 21.1 Å². The fourth-order valence-electron chi connectivity index (χ4n) is 4.93. The first-order valence-electron chi connectivity index (χ1n) is 11.4. The van der Waals surface area contributed by atoms with Gasteiger partial charge in [0, 0.05) is 17.4 Å². The predicted octanol–water partition coefficient (Wildman–Crippen LogP) is 7.42. The van der Waals surface area contributed by atoms with E-state index in [4.69, 9.17) is 22.6 Å². The summed E-state index contributed by atoms with van der Waals surface area (Å²) in [5, 5.41) is 1.05. The summed E-state index contributed by atoms with van der Waals surface area (Å²) in [5.74, 6) is 0.886. The monoisotopic (exact) mass is 652 g/mol. The van der Waals surface area contributed by atoms with Crippen LogP contribution in [0.4, 0.5) is 17.2 Å². The van der Waals surface area contributed by atoms with E-state index in [9.17, 15) is 0 Å². The van der Waals surface area contributed by atoms with E-state index in [1.165, 1.54) is 16.7 Å². The smallest absolute Gasteiger partial charge is 0.778 e. The maximum atomic E-state index is 5.54. The molecule has 0 bridgehead atoms. The molecule has 0 saturated carbocycles. The maximum Gasteiger partial charge on any atom is 2.00 e. The Morgan fingerprint density at radius 2 is 1.71 bits per heavy atom. The molecule has 0 saturated heterocycles. The van der Waals surface area contributed by atoms with Gasteiger partial charge >= 0.3 is 21.1 Å². The Hall–Kier alpha value is -3.07. The van der Waals surface area contributed by atoms with Crippen molar-refractivity contribution in [3.05, 3.63) is 108 Å². The van der Waals surface area contributed by atoms with E-state index >= 15 is 0 Å². The van der Waals surface area contributed by atoms with Crippen molar-refractivity contribution in [2.75, 3.05) is 4.90 Å². The molecule has 3 nitrogen and oxygen atoms in total. The Morgan fingerprint density at radius 3 is 2.54 bits per heavy atom. The summed E-state index contributed by atoms with van der Waals surface area (Å²) in [6.45, 7) is 6.64. The van der Waals surface area contributed by atoms with Crippen LogP contribution in [0.25, 0.3) is 22.2 Å². The van der Waals surface area contributed by atoms with Gasteiger partial charge in [0.2, 0.25) is 0 Å². The first kappa shape index (κ1) is 23.7. The zero-order chi connectivity index (χ0) is 23.4. The zero-order valence-corrected chi connectivity index (χ0v) is 22.7. The van der Waals surface area contributed by atoms with Gasteiger partial charge in [0.05, 0.1) is 0 Å². The van der Waals surface area contributed by atoms with E-state index in [2.05, 4.69) is 80.3 Å². The van der Waals surface area contributed by atoms with Crippen LogP contribution in [0.2, 0.25) is 0 Å². The Bertz CT molecular complexity index is 1580. The second-order valence-electron chi connectivity index (χ2n) is 9.33. The molecule has 0 unspecified atom stereocenters. The number of hydrogen-bond acceptors (Lipinski definition) is 4. The molecule has 3 heterocycles. The van der Waals surface area contributed by atoms with Gasteiger partial charge < -0.3 is 17.5 Å². The molecule has 0 radical (unpaired) electrons. The van der Waals surface area contributed by atoms with E-state index in [-0.39, 0.29) is 26.5 Å². The standard InChI is InChI=1S/C30H24N3S.Pt/c1-19-15-16-31-28(17-19)33-25-9-5-4-8-22(25)30(2,3)23-13-11-21(18-26(23)33)24-14-12-20-7-6-10-27(34)29(20)32-24;/h4-17,34H,1-3H3;/q-1;+2/p-1. The molecule has 5 aromatic rings. The number of fused-ring (bicyclic) bond motifs is 3. The van der Waals surface area contributed by atoms with Gasteiger partial charge in [-0.1, -0.05) is 67.9 Å². The topological polar surface area (TPSA) is 29.0 Å². The maximum absolute atomic E-state index is 5.54. The number of rotatable bonds is 2. The fraction of sp³-hybridized carbons (Fsp3) is 0.133. The molecule has 6 rings (SSSR count). The molecule has 0 N–H and O–H groups in total. The Kier molecular flexibility index (Phi) is 5.99. The molecule has 0 fully saturated rings. The first-order chi connectivity index (χ1) is 16.4. The van der Waals surface area contributed by atoms with Crippen molar-refractivity contribution in [2.45, 2.75) is 31.1 Å². The summed E-state index contributed by atoms with van der Waals surface area (Å²) < 4.78 is 0. The molecule has 0 aliphatic carbocycles. The van der Waals surface area contributed by atoms with Gasteiger partial charge in [0.25, 0.3) is 0 Å². The minimum atomic E-state index is -0.175. The average molecular weight is 653 g/mol. The molecular formula is C30H23N3PtS. The molecule has 3 aromatic carbocycles. The van der Waals surface area contributed by atoms with Crippen molar-refractivity contribution in [3.63, 3.8) is 0 Å². The van der Waals surface area contributed by atoms with Gasteiger partial charge in [-0.15, -0.1) is 28.7 Å². The summed E-state index contributed by atoms with van der Waals surface area (Å²) in [4.78, 5) is 12.6. The third-order valence-electron chi connectivity index (χ3n) is 6.73. The van der Waals surface area contributed by atoms with E-state index < -0.39 is 0 Å². The predicted molar refractivity (Wildman–Crippen MR) is 141 cm³/mol. The van der Waals surface area contributed by atoms with Gasteiger partial charge in [0.1, 0.15) is 5.82 Å². The number of hydrogen-bond donors (Lipinski definition) is 0. The van der Waals surface area contributed by atoms with Crippen LogP contribution in [0.15, 0.2) is 90.0 Å². The summed E-state index contributed by atoms with van der Waals surface area (Å²) in [7, 11) is 0. The third kappa shape index (κ3) is 3.86. The number of aryl methyl sites for hydroxylation is 1. The van der Waals surface area contributed by atoms with Crippen molar-refractivity contribution >= 4 is 40.7 Å². The van der Waals surface area contributed by atoms with Crippen LogP contribution >= 0.6 is 0 Å². The Labute approximate surface area is 225 Å². The third-order valence-corrected chi connectivity index (χ3v) is 7.06. The first-order valence-corrected chi connectivity index (χ1v) is 11.8. The molecular weight excluding hydrogens is 629 g/mol. The summed E-state index contributed by atoms with van der Waals surface area (Å²) in [6.07, 6.45) is 1.87. The molecule has 1 aliphatic heterocycles. The zero-order valence-electron chi connectivity index (χ0n) is 19.6. The van der Waals surface area contributed by atoms with E-state index in [0.29, 0.717) is 0 Å². The summed E-state index contributed by atoms with van der Waals surface area (Å²) in [5.41, 5.74) is 8.26. The summed E-state index contributed by atoms with van der Waals surface area (Å²) in [6, 6.07) is 30.9. The second-order valence-corrected chi connectivity index (χ2v) is 9.77. The van der Waals surface area contributed by atoms with Crippen LogP contribution in [0.5, 0.6) is 0 Å². The minimum Gasteiger partial charge on any atom is -0.778 e. The molecule has 1 aliphatic rings. The molecule has 0 spiro atoms. The van der Waals surface area contributed by atoms with Gasteiger partial charge in [-0.05, 0) is 58.4 Å². The number of benzene rings is 3. The number of para-hydroxylation sites is 2. The molecule has 5 heteroatoms. The van der Waals surface area contributed by atoms with Gasteiger partial charge in [-0.3, -0.25) is 4.98 Å².